The maximum Gasteiger partial charge on any atom is 0.341 e. The summed E-state index contributed by atoms with van der Waals surface area (Å²) in [5.74, 6) is -0.571. The lowest BCUT2D eigenvalue weighted by atomic mass is 10.1. The van der Waals surface area contributed by atoms with Crippen molar-refractivity contribution in [3.8, 4) is 0 Å². The van der Waals surface area contributed by atoms with E-state index < -0.39 is 12.1 Å². The number of rotatable bonds is 5. The second kappa shape index (κ2) is 7.56. The van der Waals surface area contributed by atoms with E-state index >= 15 is 0 Å². The van der Waals surface area contributed by atoms with Crippen molar-refractivity contribution in [2.24, 2.45) is 0 Å². The molecule has 1 amide bonds. The van der Waals surface area contributed by atoms with E-state index in [4.69, 9.17) is 9.47 Å². The Hall–Kier alpha value is -1.40. The van der Waals surface area contributed by atoms with Crippen molar-refractivity contribution in [1.29, 1.82) is 0 Å². The van der Waals surface area contributed by atoms with Gasteiger partial charge < -0.3 is 14.8 Å². The molecule has 1 unspecified atom stereocenters. The predicted molar refractivity (Wildman–Crippen MR) is 81.9 cm³/mol. The van der Waals surface area contributed by atoms with Crippen molar-refractivity contribution in [1.82, 2.24) is 0 Å². The Morgan fingerprint density at radius 2 is 2.24 bits per heavy atom. The van der Waals surface area contributed by atoms with Crippen molar-refractivity contribution in [3.63, 3.8) is 0 Å². The summed E-state index contributed by atoms with van der Waals surface area (Å²) in [4.78, 5) is 25.2. The third kappa shape index (κ3) is 4.04. The first-order valence-electron chi connectivity index (χ1n) is 7.38. The fraction of sp³-hybridized carbons (Fsp3) is 0.600. The number of hydrogen-bond acceptors (Lipinski definition) is 5. The first-order valence-corrected chi connectivity index (χ1v) is 8.19. The Morgan fingerprint density at radius 3 is 2.86 bits per heavy atom. The molecule has 1 aliphatic heterocycles. The van der Waals surface area contributed by atoms with E-state index in [-0.39, 0.29) is 5.91 Å². The van der Waals surface area contributed by atoms with Gasteiger partial charge in [0.05, 0.1) is 12.2 Å². The molecule has 0 radical (unpaired) electrons. The molecule has 1 fully saturated rings. The van der Waals surface area contributed by atoms with Gasteiger partial charge in [-0.3, -0.25) is 4.79 Å². The van der Waals surface area contributed by atoms with Crippen LogP contribution < -0.4 is 5.32 Å². The summed E-state index contributed by atoms with van der Waals surface area (Å²) in [5.41, 5.74) is 0.433. The summed E-state index contributed by atoms with van der Waals surface area (Å²) in [5, 5.41) is 3.39. The van der Waals surface area contributed by atoms with Crippen LogP contribution in [0.4, 0.5) is 5.00 Å². The number of nitrogens with one attached hydrogen (secondary N) is 1. The van der Waals surface area contributed by atoms with Gasteiger partial charge in [-0.25, -0.2) is 4.79 Å². The molecule has 116 valence electrons. The van der Waals surface area contributed by atoms with Crippen LogP contribution in [0.25, 0.3) is 0 Å². The van der Waals surface area contributed by atoms with Crippen LogP contribution in [-0.2, 0) is 20.7 Å². The summed E-state index contributed by atoms with van der Waals surface area (Å²) in [6, 6.07) is 1.79. The average molecular weight is 311 g/mol. The van der Waals surface area contributed by atoms with E-state index in [2.05, 4.69) is 5.32 Å². The molecule has 0 saturated carbocycles. The van der Waals surface area contributed by atoms with E-state index in [0.29, 0.717) is 23.8 Å². The predicted octanol–water partition coefficient (Wildman–Crippen LogP) is 2.99. The number of carbonyl (C=O) groups excluding carboxylic acids is 2. The van der Waals surface area contributed by atoms with Crippen LogP contribution in [0.2, 0.25) is 0 Å². The minimum atomic E-state index is -0.416. The molecular formula is C15H21NO4S. The first-order chi connectivity index (χ1) is 10.2. The normalized spacial score (nSPS) is 18.3. The van der Waals surface area contributed by atoms with Gasteiger partial charge in [0.1, 0.15) is 11.1 Å². The Kier molecular flexibility index (Phi) is 5.76. The first kappa shape index (κ1) is 16.0. The molecule has 0 aliphatic carbocycles. The second-order valence-corrected chi connectivity index (χ2v) is 6.01. The van der Waals surface area contributed by atoms with Crippen LogP contribution in [0.5, 0.6) is 0 Å². The van der Waals surface area contributed by atoms with Gasteiger partial charge in [-0.1, -0.05) is 6.92 Å². The van der Waals surface area contributed by atoms with Crippen molar-refractivity contribution in [3.05, 3.63) is 16.5 Å². The molecule has 2 rings (SSSR count). The van der Waals surface area contributed by atoms with Gasteiger partial charge in [0.25, 0.3) is 5.91 Å². The number of hydrogen-bond donors (Lipinski definition) is 1. The zero-order valence-electron chi connectivity index (χ0n) is 12.4. The van der Waals surface area contributed by atoms with Crippen molar-refractivity contribution >= 4 is 28.2 Å². The van der Waals surface area contributed by atoms with Crippen LogP contribution >= 0.6 is 11.3 Å². The number of esters is 1. The Labute approximate surface area is 128 Å². The summed E-state index contributed by atoms with van der Waals surface area (Å²) in [7, 11) is 0. The molecular weight excluding hydrogens is 290 g/mol. The maximum absolute atomic E-state index is 12.2. The highest BCUT2D eigenvalue weighted by atomic mass is 32.1. The van der Waals surface area contributed by atoms with Gasteiger partial charge >= 0.3 is 5.97 Å². The van der Waals surface area contributed by atoms with Gasteiger partial charge in [0, 0.05) is 11.5 Å². The monoisotopic (exact) mass is 311 g/mol. The molecule has 0 aromatic carbocycles. The maximum atomic E-state index is 12.2. The number of aryl methyl sites for hydroxylation is 1. The lowest BCUT2D eigenvalue weighted by Gasteiger charge is -2.21. The third-order valence-electron chi connectivity index (χ3n) is 3.34. The summed E-state index contributed by atoms with van der Waals surface area (Å²) in [6.07, 6.45) is 3.12. The molecule has 2 heterocycles. The smallest absolute Gasteiger partial charge is 0.341 e. The zero-order valence-corrected chi connectivity index (χ0v) is 13.3. The minimum Gasteiger partial charge on any atom is -0.462 e. The van der Waals surface area contributed by atoms with Crippen molar-refractivity contribution in [2.45, 2.75) is 45.6 Å². The van der Waals surface area contributed by atoms with E-state index in [1.165, 1.54) is 11.3 Å². The molecule has 1 N–H and O–H groups in total. The van der Waals surface area contributed by atoms with E-state index in [0.717, 1.165) is 30.6 Å². The highest BCUT2D eigenvalue weighted by molar-refractivity contribution is 7.16. The molecule has 1 saturated heterocycles. The lowest BCUT2D eigenvalue weighted by molar-refractivity contribution is -0.129. The molecule has 1 aromatic rings. The minimum absolute atomic E-state index is 0.176. The fourth-order valence-electron chi connectivity index (χ4n) is 2.21. The van der Waals surface area contributed by atoms with Gasteiger partial charge in [-0.15, -0.1) is 11.3 Å². The number of amides is 1. The van der Waals surface area contributed by atoms with Crippen LogP contribution in [0.3, 0.4) is 0 Å². The van der Waals surface area contributed by atoms with E-state index in [1.54, 1.807) is 13.0 Å². The quantitative estimate of drug-likeness (QED) is 0.849. The SMILES string of the molecule is CCOC(=O)c1cc(CC)sc1NC(=O)C1CCCCO1. The Bertz CT molecular complexity index is 506. The van der Waals surface area contributed by atoms with Gasteiger partial charge in [-0.05, 0) is 38.7 Å². The largest absolute Gasteiger partial charge is 0.462 e. The third-order valence-corrected chi connectivity index (χ3v) is 4.53. The molecule has 1 aliphatic rings. The molecule has 0 bridgehead atoms. The molecule has 1 atom stereocenters. The standard InChI is InChI=1S/C15H21NO4S/c1-3-10-9-11(15(18)19-4-2)14(21-10)16-13(17)12-7-5-6-8-20-12/h9,12H,3-8H2,1-2H3,(H,16,17). The molecule has 21 heavy (non-hydrogen) atoms. The average Bonchev–Trinajstić information content (AvgIpc) is 2.91. The number of thiophene rings is 1. The topological polar surface area (TPSA) is 64.6 Å². The highest BCUT2D eigenvalue weighted by Crippen LogP contribution is 2.30. The van der Waals surface area contributed by atoms with Gasteiger partial charge in [-0.2, -0.15) is 0 Å². The highest BCUT2D eigenvalue weighted by Gasteiger charge is 2.25. The molecule has 5 nitrogen and oxygen atoms in total. The van der Waals surface area contributed by atoms with Crippen molar-refractivity contribution in [2.75, 3.05) is 18.5 Å². The van der Waals surface area contributed by atoms with Crippen LogP contribution in [0.15, 0.2) is 6.07 Å². The zero-order chi connectivity index (χ0) is 15.2. The lowest BCUT2D eigenvalue weighted by Crippen LogP contribution is -2.33. The van der Waals surface area contributed by atoms with E-state index in [1.807, 2.05) is 6.92 Å². The number of anilines is 1. The molecule has 0 spiro atoms. The summed E-state index contributed by atoms with van der Waals surface area (Å²) >= 11 is 1.42. The van der Waals surface area contributed by atoms with Crippen molar-refractivity contribution < 1.29 is 19.1 Å². The van der Waals surface area contributed by atoms with Crippen LogP contribution in [0.1, 0.15) is 48.3 Å². The molecule has 1 aromatic heterocycles. The fourth-order valence-corrected chi connectivity index (χ4v) is 3.20. The Morgan fingerprint density at radius 1 is 1.43 bits per heavy atom. The van der Waals surface area contributed by atoms with E-state index in [9.17, 15) is 9.59 Å². The van der Waals surface area contributed by atoms with Gasteiger partial charge in [0.2, 0.25) is 0 Å². The van der Waals surface area contributed by atoms with Gasteiger partial charge in [0.15, 0.2) is 0 Å². The number of ether oxygens (including phenoxy) is 2. The molecule has 6 heteroatoms. The summed E-state index contributed by atoms with van der Waals surface area (Å²) < 4.78 is 10.5. The second-order valence-electron chi connectivity index (χ2n) is 4.87. The number of carbonyl (C=O) groups is 2. The summed E-state index contributed by atoms with van der Waals surface area (Å²) in [6.45, 7) is 4.71. The van der Waals surface area contributed by atoms with Crippen LogP contribution in [0, 0.1) is 0 Å². The Balaban J connectivity index is 2.12. The van der Waals surface area contributed by atoms with Crippen LogP contribution in [-0.4, -0.2) is 31.2 Å².